The number of carboxylic acid groups (broad SMARTS) is 1. The molecule has 1 unspecified atom stereocenters. The van der Waals surface area contributed by atoms with Crippen molar-refractivity contribution in [2.45, 2.75) is 19.1 Å². The van der Waals surface area contributed by atoms with Gasteiger partial charge in [-0.3, -0.25) is 4.55 Å². The van der Waals surface area contributed by atoms with E-state index in [1.165, 1.54) is 0 Å². The zero-order valence-electron chi connectivity index (χ0n) is 8.35. The first kappa shape index (κ1) is 17.6. The van der Waals surface area contributed by atoms with Crippen molar-refractivity contribution in [1.29, 1.82) is 0 Å². The maximum absolute atomic E-state index is 9.88. The SMILES string of the molecule is CC(OS(=O)(=O)O)C(=O)O.OCC(O)CO. The van der Waals surface area contributed by atoms with Gasteiger partial charge < -0.3 is 20.4 Å². The molecule has 0 aliphatic carbocycles. The molecule has 16 heavy (non-hydrogen) atoms. The van der Waals surface area contributed by atoms with Gasteiger partial charge in [0.1, 0.15) is 6.10 Å². The van der Waals surface area contributed by atoms with Gasteiger partial charge in [-0.1, -0.05) is 0 Å². The summed E-state index contributed by atoms with van der Waals surface area (Å²) in [4.78, 5) is 9.88. The van der Waals surface area contributed by atoms with Crippen LogP contribution in [0.2, 0.25) is 0 Å². The second-order valence-corrected chi connectivity index (χ2v) is 3.57. The summed E-state index contributed by atoms with van der Waals surface area (Å²) in [6, 6.07) is 0. The largest absolute Gasteiger partial charge is 0.479 e. The van der Waals surface area contributed by atoms with Crippen molar-refractivity contribution in [2.24, 2.45) is 0 Å². The Balaban J connectivity index is 0. The minimum atomic E-state index is -4.65. The molecule has 0 amide bonds. The lowest BCUT2D eigenvalue weighted by molar-refractivity contribution is -0.144. The Labute approximate surface area is 91.9 Å². The van der Waals surface area contributed by atoms with E-state index >= 15 is 0 Å². The quantitative estimate of drug-likeness (QED) is 0.340. The minimum absolute atomic E-state index is 0.365. The highest BCUT2D eigenvalue weighted by Gasteiger charge is 2.18. The number of carbonyl (C=O) groups is 1. The molecule has 0 saturated heterocycles. The second-order valence-electron chi connectivity index (χ2n) is 2.52. The molecule has 0 bridgehead atoms. The predicted octanol–water partition coefficient (Wildman–Crippen LogP) is -2.39. The summed E-state index contributed by atoms with van der Waals surface area (Å²) < 4.78 is 31.2. The van der Waals surface area contributed by atoms with Crippen LogP contribution in [0.25, 0.3) is 0 Å². The molecule has 0 aromatic carbocycles. The molecule has 0 fully saturated rings. The third kappa shape index (κ3) is 13.2. The van der Waals surface area contributed by atoms with Gasteiger partial charge in [-0.25, -0.2) is 8.98 Å². The number of aliphatic carboxylic acids is 1. The van der Waals surface area contributed by atoms with Crippen molar-refractivity contribution in [3.63, 3.8) is 0 Å². The Morgan fingerprint density at radius 1 is 1.31 bits per heavy atom. The molecule has 0 rings (SSSR count). The van der Waals surface area contributed by atoms with Crippen molar-refractivity contribution >= 4 is 16.4 Å². The van der Waals surface area contributed by atoms with Gasteiger partial charge >= 0.3 is 16.4 Å². The number of hydrogen-bond donors (Lipinski definition) is 5. The molecule has 10 heteroatoms. The van der Waals surface area contributed by atoms with E-state index in [-0.39, 0.29) is 13.2 Å². The monoisotopic (exact) mass is 262 g/mol. The lowest BCUT2D eigenvalue weighted by atomic mass is 10.4. The average Bonchev–Trinajstić information content (AvgIpc) is 2.14. The lowest BCUT2D eigenvalue weighted by Gasteiger charge is -2.02. The molecular weight excluding hydrogens is 248 g/mol. The normalized spacial score (nSPS) is 12.9. The molecule has 5 N–H and O–H groups in total. The molecule has 0 saturated carbocycles. The molecular formula is C6H14O9S. The fourth-order valence-electron chi connectivity index (χ4n) is 0.281. The molecule has 1 atom stereocenters. The van der Waals surface area contributed by atoms with Crippen LogP contribution in [-0.2, 0) is 19.4 Å². The third-order valence-electron chi connectivity index (χ3n) is 1.04. The van der Waals surface area contributed by atoms with Gasteiger partial charge in [-0.2, -0.15) is 8.42 Å². The van der Waals surface area contributed by atoms with Crippen LogP contribution in [0.4, 0.5) is 0 Å². The molecule has 9 nitrogen and oxygen atoms in total. The van der Waals surface area contributed by atoms with E-state index in [4.69, 9.17) is 25.0 Å². The molecule has 98 valence electrons. The summed E-state index contributed by atoms with van der Waals surface area (Å²) in [6.45, 7) is 0.253. The van der Waals surface area contributed by atoms with Crippen molar-refractivity contribution in [3.05, 3.63) is 0 Å². The number of aliphatic hydroxyl groups is 3. The first-order valence-corrected chi connectivity index (χ1v) is 5.28. The molecule has 0 aliphatic heterocycles. The molecule has 0 aromatic heterocycles. The molecule has 0 aliphatic rings. The van der Waals surface area contributed by atoms with Crippen LogP contribution >= 0.6 is 0 Å². The fourth-order valence-corrected chi connectivity index (χ4v) is 0.728. The van der Waals surface area contributed by atoms with Gasteiger partial charge in [0, 0.05) is 0 Å². The van der Waals surface area contributed by atoms with E-state index in [2.05, 4.69) is 4.18 Å². The minimum Gasteiger partial charge on any atom is -0.479 e. The molecule has 0 aromatic rings. The Morgan fingerprint density at radius 3 is 1.75 bits per heavy atom. The van der Waals surface area contributed by atoms with Gasteiger partial charge in [-0.15, -0.1) is 0 Å². The van der Waals surface area contributed by atoms with Crippen molar-refractivity contribution in [1.82, 2.24) is 0 Å². The molecule has 0 radical (unpaired) electrons. The van der Waals surface area contributed by atoms with Crippen LogP contribution in [0, 0.1) is 0 Å². The summed E-state index contributed by atoms with van der Waals surface area (Å²) in [5.74, 6) is -1.46. The van der Waals surface area contributed by atoms with Gasteiger partial charge in [-0.05, 0) is 6.92 Å². The zero-order chi connectivity index (χ0) is 13.4. The first-order valence-electron chi connectivity index (χ1n) is 3.92. The van der Waals surface area contributed by atoms with Crippen LogP contribution in [0.3, 0.4) is 0 Å². The highest BCUT2D eigenvalue weighted by Crippen LogP contribution is 1.95. The number of carboxylic acids is 1. The first-order chi connectivity index (χ1) is 7.14. The predicted molar refractivity (Wildman–Crippen MR) is 49.9 cm³/mol. The van der Waals surface area contributed by atoms with E-state index in [0.717, 1.165) is 6.92 Å². The highest BCUT2D eigenvalue weighted by atomic mass is 32.3. The van der Waals surface area contributed by atoms with Crippen LogP contribution in [0.15, 0.2) is 0 Å². The standard InChI is InChI=1S/C3H6O6S.C3H8O3/c1-2(3(4)5)9-10(6,7)8;4-1-3(6)2-5/h2H,1H3,(H,4,5)(H,6,7,8);3-6H,1-2H2. The summed E-state index contributed by atoms with van der Waals surface area (Å²) in [7, 11) is -4.65. The van der Waals surface area contributed by atoms with Gasteiger partial charge in [0.05, 0.1) is 13.2 Å². The Kier molecular flexibility index (Phi) is 9.22. The fraction of sp³-hybridized carbons (Fsp3) is 0.833. The topological polar surface area (TPSA) is 162 Å². The van der Waals surface area contributed by atoms with E-state index in [1.807, 2.05) is 0 Å². The van der Waals surface area contributed by atoms with Crippen LogP contribution < -0.4 is 0 Å². The van der Waals surface area contributed by atoms with Gasteiger partial charge in [0.2, 0.25) is 0 Å². The highest BCUT2D eigenvalue weighted by molar-refractivity contribution is 7.80. The summed E-state index contributed by atoms with van der Waals surface area (Å²) in [5, 5.41) is 32.1. The van der Waals surface area contributed by atoms with Gasteiger partial charge in [0.15, 0.2) is 6.10 Å². The summed E-state index contributed by atoms with van der Waals surface area (Å²) in [6.07, 6.45) is -2.51. The molecule has 0 heterocycles. The van der Waals surface area contributed by atoms with Crippen molar-refractivity contribution < 1.29 is 42.4 Å². The number of hydrogen-bond acceptors (Lipinski definition) is 7. The van der Waals surface area contributed by atoms with Crippen molar-refractivity contribution in [2.75, 3.05) is 13.2 Å². The van der Waals surface area contributed by atoms with Crippen LogP contribution in [-0.4, -0.2) is 64.8 Å². The second kappa shape index (κ2) is 8.38. The van der Waals surface area contributed by atoms with E-state index < -0.39 is 28.6 Å². The van der Waals surface area contributed by atoms with Crippen molar-refractivity contribution in [3.8, 4) is 0 Å². The Bertz CT molecular complexity index is 280. The van der Waals surface area contributed by atoms with Crippen LogP contribution in [0.1, 0.15) is 6.92 Å². The van der Waals surface area contributed by atoms with Gasteiger partial charge in [0.25, 0.3) is 0 Å². The zero-order valence-corrected chi connectivity index (χ0v) is 9.16. The Morgan fingerprint density at radius 2 is 1.69 bits per heavy atom. The Hall–Kier alpha value is -0.780. The van der Waals surface area contributed by atoms with E-state index in [9.17, 15) is 13.2 Å². The smallest absolute Gasteiger partial charge is 0.398 e. The number of rotatable bonds is 5. The van der Waals surface area contributed by atoms with Crippen LogP contribution in [0.5, 0.6) is 0 Å². The maximum atomic E-state index is 9.88. The summed E-state index contributed by atoms with van der Waals surface area (Å²) >= 11 is 0. The lowest BCUT2D eigenvalue weighted by Crippen LogP contribution is -2.23. The van der Waals surface area contributed by atoms with E-state index in [1.54, 1.807) is 0 Å². The maximum Gasteiger partial charge on any atom is 0.398 e. The molecule has 0 spiro atoms. The third-order valence-corrected chi connectivity index (χ3v) is 1.57. The van der Waals surface area contributed by atoms with E-state index in [0.29, 0.717) is 0 Å². The summed E-state index contributed by atoms with van der Waals surface area (Å²) in [5.41, 5.74) is 0. The average molecular weight is 262 g/mol. The number of aliphatic hydroxyl groups excluding tert-OH is 3.